The molecular weight excluding hydrogens is 334 g/mol. The number of rotatable bonds is 4. The Balaban J connectivity index is 1.97. The SMILES string of the molecule is COC(=O)[C@]1(Cl)[C@H](c2ccccc2)N1S(=O)c1ccc(C)cc1. The number of carbonyl (C=O) groups is 1. The second-order valence-electron chi connectivity index (χ2n) is 5.37. The summed E-state index contributed by atoms with van der Waals surface area (Å²) in [7, 11) is -0.276. The topological polar surface area (TPSA) is 46.4 Å². The van der Waals surface area contributed by atoms with Crippen LogP contribution in [0.1, 0.15) is 17.2 Å². The van der Waals surface area contributed by atoms with Gasteiger partial charge in [0.05, 0.1) is 18.0 Å². The van der Waals surface area contributed by atoms with Gasteiger partial charge in [-0.3, -0.25) is 0 Å². The first-order valence-corrected chi connectivity index (χ1v) is 8.58. The normalized spacial score (nSPS) is 27.3. The fourth-order valence-electron chi connectivity index (χ4n) is 2.57. The van der Waals surface area contributed by atoms with E-state index in [1.165, 1.54) is 11.4 Å². The Morgan fingerprint density at radius 1 is 1.17 bits per heavy atom. The Morgan fingerprint density at radius 2 is 1.78 bits per heavy atom. The number of hydrogen-bond donors (Lipinski definition) is 0. The molecule has 4 atom stereocenters. The molecule has 0 aliphatic carbocycles. The molecule has 0 radical (unpaired) electrons. The van der Waals surface area contributed by atoms with Gasteiger partial charge in [0, 0.05) is 0 Å². The van der Waals surface area contributed by atoms with Gasteiger partial charge in [0.15, 0.2) is 0 Å². The molecule has 0 amide bonds. The van der Waals surface area contributed by atoms with Crippen LogP contribution in [0.2, 0.25) is 0 Å². The third-order valence-corrected chi connectivity index (χ3v) is 6.01. The zero-order valence-corrected chi connectivity index (χ0v) is 14.3. The quantitative estimate of drug-likeness (QED) is 0.368. The maximum Gasteiger partial charge on any atom is 0.344 e. The van der Waals surface area contributed by atoms with Gasteiger partial charge in [-0.2, -0.15) is 4.31 Å². The largest absolute Gasteiger partial charge is 0.467 e. The van der Waals surface area contributed by atoms with Crippen molar-refractivity contribution in [1.29, 1.82) is 0 Å². The molecule has 2 unspecified atom stereocenters. The van der Waals surface area contributed by atoms with Crippen LogP contribution in [-0.4, -0.2) is 26.6 Å². The summed E-state index contributed by atoms with van der Waals surface area (Å²) in [5.74, 6) is -0.603. The summed E-state index contributed by atoms with van der Waals surface area (Å²) >= 11 is 6.50. The zero-order valence-electron chi connectivity index (χ0n) is 12.7. The minimum absolute atomic E-state index is 0.486. The molecule has 2 aromatic rings. The van der Waals surface area contributed by atoms with Crippen molar-refractivity contribution < 1.29 is 13.7 Å². The summed E-state index contributed by atoms with van der Waals surface area (Å²) in [5, 5.41) is 0. The molecule has 120 valence electrons. The van der Waals surface area contributed by atoms with E-state index in [-0.39, 0.29) is 0 Å². The van der Waals surface area contributed by atoms with E-state index in [1.54, 1.807) is 12.1 Å². The van der Waals surface area contributed by atoms with Gasteiger partial charge in [0.1, 0.15) is 11.0 Å². The average Bonchev–Trinajstić information content (AvgIpc) is 3.22. The van der Waals surface area contributed by atoms with E-state index in [4.69, 9.17) is 16.3 Å². The standard InChI is InChI=1S/C17H16ClNO3S/c1-12-8-10-14(11-9-12)23(21)19-15(13-6-4-3-5-7-13)17(19,18)16(20)22-2/h3-11,15H,1-2H3/t15-,17-,19?,23?/m0/s1. The summed E-state index contributed by atoms with van der Waals surface area (Å²) < 4.78 is 19.2. The molecule has 1 aliphatic rings. The molecule has 4 nitrogen and oxygen atoms in total. The van der Waals surface area contributed by atoms with Gasteiger partial charge >= 0.3 is 5.97 Å². The second kappa shape index (κ2) is 6.07. The van der Waals surface area contributed by atoms with E-state index in [2.05, 4.69) is 0 Å². The number of alkyl halides is 1. The summed E-state index contributed by atoms with van der Waals surface area (Å²) in [6.45, 7) is 1.96. The molecule has 1 heterocycles. The van der Waals surface area contributed by atoms with E-state index < -0.39 is 28.0 Å². The number of methoxy groups -OCH3 is 1. The molecule has 6 heteroatoms. The maximum absolute atomic E-state index is 12.9. The van der Waals surface area contributed by atoms with Crippen LogP contribution in [0, 0.1) is 6.92 Å². The first-order valence-electron chi connectivity index (χ1n) is 7.10. The number of ether oxygens (including phenoxy) is 1. The lowest BCUT2D eigenvalue weighted by Crippen LogP contribution is -2.26. The van der Waals surface area contributed by atoms with Gasteiger partial charge in [0.2, 0.25) is 5.00 Å². The van der Waals surface area contributed by atoms with E-state index in [0.29, 0.717) is 4.90 Å². The molecule has 2 aromatic carbocycles. The molecule has 23 heavy (non-hydrogen) atoms. The Kier molecular flexibility index (Phi) is 4.27. The van der Waals surface area contributed by atoms with Crippen LogP contribution in [0.25, 0.3) is 0 Å². The van der Waals surface area contributed by atoms with Gasteiger partial charge in [0.25, 0.3) is 0 Å². The minimum Gasteiger partial charge on any atom is -0.467 e. The average molecular weight is 350 g/mol. The first-order chi connectivity index (χ1) is 11.0. The van der Waals surface area contributed by atoms with Crippen molar-refractivity contribution in [2.45, 2.75) is 22.9 Å². The number of aryl methyl sites for hydroxylation is 1. The number of nitrogens with zero attached hydrogens (tertiary/aromatic N) is 1. The summed E-state index contributed by atoms with van der Waals surface area (Å²) in [4.78, 5) is 11.3. The highest BCUT2D eigenvalue weighted by Gasteiger charge is 2.72. The van der Waals surface area contributed by atoms with Crippen molar-refractivity contribution >= 4 is 28.6 Å². The van der Waals surface area contributed by atoms with Gasteiger partial charge in [-0.1, -0.05) is 59.6 Å². The van der Waals surface area contributed by atoms with Crippen molar-refractivity contribution in [2.24, 2.45) is 0 Å². The minimum atomic E-state index is -1.55. The highest BCUT2D eigenvalue weighted by atomic mass is 35.5. The van der Waals surface area contributed by atoms with E-state index in [1.807, 2.05) is 49.4 Å². The molecule has 1 aliphatic heterocycles. The fraction of sp³-hybridized carbons (Fsp3) is 0.235. The highest BCUT2D eigenvalue weighted by molar-refractivity contribution is 7.83. The van der Waals surface area contributed by atoms with Crippen molar-refractivity contribution in [3.63, 3.8) is 0 Å². The predicted octanol–water partition coefficient (Wildman–Crippen LogP) is 3.18. The molecule has 0 bridgehead atoms. The molecule has 0 aromatic heterocycles. The van der Waals surface area contributed by atoms with Gasteiger partial charge in [-0.05, 0) is 24.6 Å². The fourth-order valence-corrected chi connectivity index (χ4v) is 4.59. The Morgan fingerprint density at radius 3 is 2.35 bits per heavy atom. The first kappa shape index (κ1) is 16.2. The summed E-state index contributed by atoms with van der Waals surface area (Å²) in [5.41, 5.74) is 1.90. The smallest absolute Gasteiger partial charge is 0.344 e. The predicted molar refractivity (Wildman–Crippen MR) is 89.2 cm³/mol. The maximum atomic E-state index is 12.9. The van der Waals surface area contributed by atoms with Crippen LogP contribution < -0.4 is 0 Å². The Bertz CT molecular complexity index is 750. The molecule has 0 spiro atoms. The van der Waals surface area contributed by atoms with Crippen molar-refractivity contribution in [1.82, 2.24) is 4.31 Å². The molecule has 1 saturated heterocycles. The highest BCUT2D eigenvalue weighted by Crippen LogP contribution is 2.58. The third kappa shape index (κ3) is 2.69. The molecule has 1 fully saturated rings. The van der Waals surface area contributed by atoms with Crippen LogP contribution in [0.5, 0.6) is 0 Å². The molecular formula is C17H16ClNO3S. The van der Waals surface area contributed by atoms with Crippen molar-refractivity contribution in [3.8, 4) is 0 Å². The van der Waals surface area contributed by atoms with Gasteiger partial charge in [-0.25, -0.2) is 9.00 Å². The van der Waals surface area contributed by atoms with E-state index in [9.17, 15) is 9.00 Å². The Labute approximate surface area is 142 Å². The number of halogens is 1. The zero-order chi connectivity index (χ0) is 16.6. The van der Waals surface area contributed by atoms with Gasteiger partial charge < -0.3 is 4.74 Å². The number of benzene rings is 2. The molecule has 3 rings (SSSR count). The van der Waals surface area contributed by atoms with E-state index >= 15 is 0 Å². The summed E-state index contributed by atoms with van der Waals surface area (Å²) in [6.07, 6.45) is 0. The van der Waals surface area contributed by atoms with Crippen molar-refractivity contribution in [2.75, 3.05) is 7.11 Å². The number of carbonyl (C=O) groups excluding carboxylic acids is 1. The van der Waals surface area contributed by atoms with Crippen molar-refractivity contribution in [3.05, 3.63) is 65.7 Å². The summed E-state index contributed by atoms with van der Waals surface area (Å²) in [6, 6.07) is 16.1. The van der Waals surface area contributed by atoms with Gasteiger partial charge in [-0.15, -0.1) is 0 Å². The van der Waals surface area contributed by atoms with Crippen LogP contribution in [0.4, 0.5) is 0 Å². The second-order valence-corrected chi connectivity index (χ2v) is 7.31. The molecule has 0 saturated carbocycles. The Hall–Kier alpha value is -1.69. The number of hydrogen-bond acceptors (Lipinski definition) is 3. The molecule has 0 N–H and O–H groups in total. The number of esters is 1. The van der Waals surface area contributed by atoms with Crippen LogP contribution in [0.3, 0.4) is 0 Å². The van der Waals surface area contributed by atoms with Crippen LogP contribution in [-0.2, 0) is 20.5 Å². The van der Waals surface area contributed by atoms with Crippen LogP contribution >= 0.6 is 11.6 Å². The van der Waals surface area contributed by atoms with E-state index in [0.717, 1.165) is 11.1 Å². The monoisotopic (exact) mass is 349 g/mol. The lowest BCUT2D eigenvalue weighted by Gasteiger charge is -2.07. The lowest BCUT2D eigenvalue weighted by molar-refractivity contribution is -0.141. The third-order valence-electron chi connectivity index (χ3n) is 3.84. The lowest BCUT2D eigenvalue weighted by atomic mass is 10.1. The van der Waals surface area contributed by atoms with Crippen LogP contribution in [0.15, 0.2) is 59.5 Å².